The van der Waals surface area contributed by atoms with Crippen molar-refractivity contribution in [3.8, 4) is 22.6 Å². The summed E-state index contributed by atoms with van der Waals surface area (Å²) >= 11 is 0. The zero-order chi connectivity index (χ0) is 11.7. The Balaban J connectivity index is 2.62. The minimum atomic E-state index is -0.721. The van der Waals surface area contributed by atoms with Crippen molar-refractivity contribution in [3.05, 3.63) is 48.0 Å². The van der Waals surface area contributed by atoms with Crippen LogP contribution >= 0.6 is 0 Å². The van der Waals surface area contributed by atoms with Crippen molar-refractivity contribution >= 4 is 0 Å². The number of phenols is 2. The van der Waals surface area contributed by atoms with Crippen LogP contribution in [0.1, 0.15) is 0 Å². The van der Waals surface area contributed by atoms with Crippen molar-refractivity contribution in [1.29, 1.82) is 0 Å². The lowest BCUT2D eigenvalue weighted by Crippen LogP contribution is -1.86. The van der Waals surface area contributed by atoms with Crippen molar-refractivity contribution < 1.29 is 19.0 Å². The number of aromatic hydroxyl groups is 2. The molecule has 0 aromatic heterocycles. The molecule has 0 radical (unpaired) electrons. The molecule has 2 rings (SSSR count). The summed E-state index contributed by atoms with van der Waals surface area (Å²) in [5.74, 6) is -1.73. The normalized spacial score (nSPS) is 10.4. The summed E-state index contributed by atoms with van der Waals surface area (Å²) in [6.07, 6.45) is 0. The fourth-order valence-corrected chi connectivity index (χ4v) is 1.45. The Morgan fingerprint density at radius 3 is 2.25 bits per heavy atom. The smallest absolute Gasteiger partial charge is 0.134 e. The van der Waals surface area contributed by atoms with E-state index < -0.39 is 11.6 Å². The van der Waals surface area contributed by atoms with Crippen molar-refractivity contribution in [3.63, 3.8) is 0 Å². The van der Waals surface area contributed by atoms with Gasteiger partial charge in [0.15, 0.2) is 0 Å². The summed E-state index contributed by atoms with van der Waals surface area (Å²) in [4.78, 5) is 0. The van der Waals surface area contributed by atoms with Gasteiger partial charge in [0.2, 0.25) is 0 Å². The van der Waals surface area contributed by atoms with Crippen LogP contribution in [0.25, 0.3) is 11.1 Å². The van der Waals surface area contributed by atoms with Crippen LogP contribution in [0.2, 0.25) is 0 Å². The highest BCUT2D eigenvalue weighted by atomic mass is 19.1. The molecule has 2 aromatic rings. The Bertz CT molecular complexity index is 539. The van der Waals surface area contributed by atoms with Gasteiger partial charge in [-0.1, -0.05) is 0 Å². The highest BCUT2D eigenvalue weighted by molar-refractivity contribution is 5.71. The van der Waals surface area contributed by atoms with E-state index in [-0.39, 0.29) is 22.6 Å². The van der Waals surface area contributed by atoms with Gasteiger partial charge in [0.05, 0.1) is 0 Å². The van der Waals surface area contributed by atoms with Crippen LogP contribution in [0.15, 0.2) is 36.4 Å². The molecule has 0 saturated carbocycles. The second-order valence-corrected chi connectivity index (χ2v) is 3.33. The van der Waals surface area contributed by atoms with Crippen LogP contribution in [0.4, 0.5) is 8.78 Å². The highest BCUT2D eigenvalue weighted by Crippen LogP contribution is 2.32. The Hall–Kier alpha value is -2.10. The van der Waals surface area contributed by atoms with Crippen molar-refractivity contribution in [2.45, 2.75) is 0 Å². The van der Waals surface area contributed by atoms with Gasteiger partial charge in [0.25, 0.3) is 0 Å². The SMILES string of the molecule is Oc1ccc(-c2cc(F)ccc2O)c(F)c1. The molecule has 0 atom stereocenters. The van der Waals surface area contributed by atoms with E-state index in [2.05, 4.69) is 0 Å². The lowest BCUT2D eigenvalue weighted by Gasteiger charge is -2.06. The van der Waals surface area contributed by atoms with E-state index in [1.807, 2.05) is 0 Å². The molecule has 4 heteroatoms. The molecule has 0 aliphatic carbocycles. The van der Waals surface area contributed by atoms with Gasteiger partial charge in [0.1, 0.15) is 23.1 Å². The topological polar surface area (TPSA) is 40.5 Å². The molecule has 2 aromatic carbocycles. The number of rotatable bonds is 1. The molecule has 0 spiro atoms. The van der Waals surface area contributed by atoms with Gasteiger partial charge in [0, 0.05) is 17.2 Å². The second kappa shape index (κ2) is 3.81. The van der Waals surface area contributed by atoms with E-state index in [1.54, 1.807) is 0 Å². The molecule has 0 saturated heterocycles. The molecule has 0 unspecified atom stereocenters. The van der Waals surface area contributed by atoms with E-state index in [0.29, 0.717) is 0 Å². The van der Waals surface area contributed by atoms with Crippen molar-refractivity contribution in [2.24, 2.45) is 0 Å². The fraction of sp³-hybridized carbons (Fsp3) is 0. The lowest BCUT2D eigenvalue weighted by molar-refractivity contribution is 0.467. The Morgan fingerprint density at radius 1 is 0.812 bits per heavy atom. The third-order valence-corrected chi connectivity index (χ3v) is 2.20. The van der Waals surface area contributed by atoms with Crippen LogP contribution in [0.5, 0.6) is 11.5 Å². The van der Waals surface area contributed by atoms with Gasteiger partial charge in [-0.25, -0.2) is 8.78 Å². The van der Waals surface area contributed by atoms with Crippen molar-refractivity contribution in [1.82, 2.24) is 0 Å². The average molecular weight is 222 g/mol. The monoisotopic (exact) mass is 222 g/mol. The van der Waals surface area contributed by atoms with Gasteiger partial charge in [-0.15, -0.1) is 0 Å². The summed E-state index contributed by atoms with van der Waals surface area (Å²) in [6, 6.07) is 6.71. The molecule has 0 heterocycles. The molecule has 2 N–H and O–H groups in total. The molecule has 2 nitrogen and oxygen atoms in total. The first-order valence-electron chi connectivity index (χ1n) is 4.55. The van der Waals surface area contributed by atoms with E-state index in [0.717, 1.165) is 24.3 Å². The van der Waals surface area contributed by atoms with Gasteiger partial charge < -0.3 is 10.2 Å². The maximum Gasteiger partial charge on any atom is 0.134 e. The van der Waals surface area contributed by atoms with Crippen LogP contribution in [-0.2, 0) is 0 Å². The Morgan fingerprint density at radius 2 is 1.56 bits per heavy atom. The van der Waals surface area contributed by atoms with Gasteiger partial charge in [-0.05, 0) is 30.3 Å². The predicted molar refractivity (Wildman–Crippen MR) is 55.1 cm³/mol. The number of phenolic OH excluding ortho intramolecular Hbond substituents is 2. The van der Waals surface area contributed by atoms with Gasteiger partial charge in [-0.2, -0.15) is 0 Å². The zero-order valence-electron chi connectivity index (χ0n) is 8.11. The summed E-state index contributed by atoms with van der Waals surface area (Å²) in [5, 5.41) is 18.5. The largest absolute Gasteiger partial charge is 0.508 e. The number of halogens is 2. The van der Waals surface area contributed by atoms with E-state index in [1.165, 1.54) is 12.1 Å². The molecule has 82 valence electrons. The standard InChI is InChI=1S/C12H8F2O2/c13-7-1-4-12(16)10(5-7)9-3-2-8(15)6-11(9)14/h1-6,15-16H. The first kappa shape index (κ1) is 10.4. The summed E-state index contributed by atoms with van der Waals surface area (Å²) in [6.45, 7) is 0. The molecule has 0 aliphatic rings. The van der Waals surface area contributed by atoms with Crippen LogP contribution in [-0.4, -0.2) is 10.2 Å². The molecular formula is C12H8F2O2. The van der Waals surface area contributed by atoms with E-state index in [9.17, 15) is 13.9 Å². The fourth-order valence-electron chi connectivity index (χ4n) is 1.45. The molecule has 16 heavy (non-hydrogen) atoms. The molecule has 0 bridgehead atoms. The van der Waals surface area contributed by atoms with E-state index in [4.69, 9.17) is 5.11 Å². The Labute approximate surface area is 90.4 Å². The number of hydrogen-bond acceptors (Lipinski definition) is 2. The van der Waals surface area contributed by atoms with Gasteiger partial charge >= 0.3 is 0 Å². The minimum Gasteiger partial charge on any atom is -0.508 e. The number of benzene rings is 2. The lowest BCUT2D eigenvalue weighted by atomic mass is 10.0. The zero-order valence-corrected chi connectivity index (χ0v) is 8.11. The summed E-state index contributed by atoms with van der Waals surface area (Å²) < 4.78 is 26.4. The minimum absolute atomic E-state index is 0.0369. The van der Waals surface area contributed by atoms with Crippen LogP contribution < -0.4 is 0 Å². The van der Waals surface area contributed by atoms with Crippen LogP contribution in [0.3, 0.4) is 0 Å². The maximum absolute atomic E-state index is 13.5. The Kier molecular flexibility index (Phi) is 2.48. The van der Waals surface area contributed by atoms with E-state index >= 15 is 0 Å². The van der Waals surface area contributed by atoms with Crippen molar-refractivity contribution in [2.75, 3.05) is 0 Å². The third kappa shape index (κ3) is 1.82. The second-order valence-electron chi connectivity index (χ2n) is 3.33. The predicted octanol–water partition coefficient (Wildman–Crippen LogP) is 3.04. The number of hydrogen-bond donors (Lipinski definition) is 2. The first-order valence-corrected chi connectivity index (χ1v) is 4.55. The molecule has 0 amide bonds. The third-order valence-electron chi connectivity index (χ3n) is 2.20. The maximum atomic E-state index is 13.5. The first-order chi connectivity index (χ1) is 7.58. The van der Waals surface area contributed by atoms with Crippen LogP contribution in [0, 0.1) is 11.6 Å². The summed E-state index contributed by atoms with van der Waals surface area (Å²) in [7, 11) is 0. The summed E-state index contributed by atoms with van der Waals surface area (Å²) in [5.41, 5.74) is 0.0901. The molecule has 0 aliphatic heterocycles. The quantitative estimate of drug-likeness (QED) is 0.778. The highest BCUT2D eigenvalue weighted by Gasteiger charge is 2.11. The molecular weight excluding hydrogens is 214 g/mol. The average Bonchev–Trinajstić information content (AvgIpc) is 2.22. The van der Waals surface area contributed by atoms with Gasteiger partial charge in [-0.3, -0.25) is 0 Å². The molecule has 0 fully saturated rings.